The van der Waals surface area contributed by atoms with Crippen molar-refractivity contribution in [2.24, 2.45) is 0 Å². The van der Waals surface area contributed by atoms with Gasteiger partial charge in [0.1, 0.15) is 26.4 Å². The summed E-state index contributed by atoms with van der Waals surface area (Å²) >= 11 is 0. The van der Waals surface area contributed by atoms with Crippen molar-refractivity contribution in [3.05, 3.63) is 36.4 Å². The zero-order chi connectivity index (χ0) is 20.6. The lowest BCUT2D eigenvalue weighted by molar-refractivity contribution is 0.171. The average Bonchev–Trinajstić information content (AvgIpc) is 3.26. The number of hydrogen-bond acceptors (Lipinski definition) is 11. The molecule has 4 heterocycles. The number of aromatic nitrogens is 4. The summed E-state index contributed by atoms with van der Waals surface area (Å²) in [6.45, 7) is 2.07. The van der Waals surface area contributed by atoms with Gasteiger partial charge < -0.3 is 29.6 Å². The van der Waals surface area contributed by atoms with Gasteiger partial charge in [-0.3, -0.25) is 0 Å². The minimum Gasteiger partial charge on any atom is -0.486 e. The number of rotatable bonds is 4. The molecule has 0 aliphatic carbocycles. The topological polar surface area (TPSA) is 126 Å². The zero-order valence-corrected chi connectivity index (χ0v) is 16.1. The van der Waals surface area contributed by atoms with Crippen molar-refractivity contribution in [2.45, 2.75) is 0 Å². The van der Waals surface area contributed by atoms with E-state index in [-0.39, 0.29) is 11.3 Å². The minimum absolute atomic E-state index is 0.285. The quantitative estimate of drug-likeness (QED) is 0.506. The Bertz CT molecular complexity index is 1180. The van der Waals surface area contributed by atoms with E-state index in [2.05, 4.69) is 30.9 Å². The number of hydrogen-bond donors (Lipinski definition) is 2. The van der Waals surface area contributed by atoms with Crippen LogP contribution in [0.4, 0.5) is 23.0 Å². The van der Waals surface area contributed by atoms with Crippen LogP contribution in [0.2, 0.25) is 0 Å². The normalized spacial score (nSPS) is 14.3. The summed E-state index contributed by atoms with van der Waals surface area (Å²) in [6.07, 6.45) is 0. The fourth-order valence-corrected chi connectivity index (χ4v) is 3.33. The largest absolute Gasteiger partial charge is 0.486 e. The number of ether oxygens (including phenoxy) is 4. The molecule has 0 bridgehead atoms. The second-order valence-corrected chi connectivity index (χ2v) is 6.80. The smallest absolute Gasteiger partial charge is 0.245 e. The van der Waals surface area contributed by atoms with E-state index < -0.39 is 0 Å². The van der Waals surface area contributed by atoms with Crippen molar-refractivity contribution in [3.63, 3.8) is 0 Å². The summed E-state index contributed by atoms with van der Waals surface area (Å²) in [5.74, 6) is 3.61. The number of nitrogens with one attached hydrogen (secondary N) is 2. The van der Waals surface area contributed by atoms with Crippen molar-refractivity contribution in [3.8, 4) is 23.0 Å². The number of anilines is 4. The lowest BCUT2D eigenvalue weighted by Crippen LogP contribution is -2.15. The molecule has 2 aliphatic heterocycles. The van der Waals surface area contributed by atoms with E-state index in [9.17, 15) is 0 Å². The Morgan fingerprint density at radius 1 is 0.581 bits per heavy atom. The van der Waals surface area contributed by atoms with Crippen LogP contribution in [-0.4, -0.2) is 46.7 Å². The predicted octanol–water partition coefficient (Wildman–Crippen LogP) is 3.04. The maximum absolute atomic E-state index is 5.66. The highest BCUT2D eigenvalue weighted by Gasteiger charge is 2.17. The Balaban J connectivity index is 1.35. The van der Waals surface area contributed by atoms with Crippen LogP contribution in [0.1, 0.15) is 0 Å². The average molecular weight is 420 g/mol. The molecule has 0 spiro atoms. The van der Waals surface area contributed by atoms with E-state index >= 15 is 0 Å². The maximum atomic E-state index is 5.66. The van der Waals surface area contributed by atoms with Crippen LogP contribution >= 0.6 is 0 Å². The zero-order valence-electron chi connectivity index (χ0n) is 16.1. The maximum Gasteiger partial charge on any atom is 0.245 e. The Labute approximate surface area is 175 Å². The molecule has 0 fully saturated rings. The van der Waals surface area contributed by atoms with E-state index in [0.717, 1.165) is 11.4 Å². The van der Waals surface area contributed by atoms with Gasteiger partial charge in [0.15, 0.2) is 34.6 Å². The molecular formula is C20H16N6O5. The summed E-state index contributed by atoms with van der Waals surface area (Å²) in [5, 5.41) is 14.1. The molecule has 0 atom stereocenters. The van der Waals surface area contributed by atoms with Crippen molar-refractivity contribution in [1.82, 2.24) is 20.3 Å². The summed E-state index contributed by atoms with van der Waals surface area (Å²) in [4.78, 5) is 8.99. The molecule has 0 radical (unpaired) electrons. The highest BCUT2D eigenvalue weighted by Crippen LogP contribution is 2.36. The fourth-order valence-electron chi connectivity index (χ4n) is 3.33. The molecule has 31 heavy (non-hydrogen) atoms. The van der Waals surface area contributed by atoms with Gasteiger partial charge in [-0.1, -0.05) is 0 Å². The lowest BCUT2D eigenvalue weighted by atomic mass is 10.2. The van der Waals surface area contributed by atoms with Crippen molar-refractivity contribution < 1.29 is 23.6 Å². The van der Waals surface area contributed by atoms with Gasteiger partial charge in [-0.25, -0.2) is 14.6 Å². The molecule has 0 saturated carbocycles. The molecule has 2 N–H and O–H groups in total. The Morgan fingerprint density at radius 3 is 1.52 bits per heavy atom. The molecule has 2 aromatic carbocycles. The third-order valence-corrected chi connectivity index (χ3v) is 4.72. The van der Waals surface area contributed by atoms with E-state index in [0.29, 0.717) is 61.1 Å². The van der Waals surface area contributed by atoms with Crippen LogP contribution in [0.3, 0.4) is 0 Å². The lowest BCUT2D eigenvalue weighted by Gasteiger charge is -2.20. The highest BCUT2D eigenvalue weighted by atomic mass is 16.6. The van der Waals surface area contributed by atoms with Crippen LogP contribution in [0.15, 0.2) is 41.0 Å². The van der Waals surface area contributed by atoms with Crippen LogP contribution in [0, 0.1) is 0 Å². The molecule has 0 saturated heterocycles. The van der Waals surface area contributed by atoms with Crippen molar-refractivity contribution in [2.75, 3.05) is 37.1 Å². The Morgan fingerprint density at radius 2 is 1.03 bits per heavy atom. The molecule has 11 nitrogen and oxygen atoms in total. The molecule has 0 amide bonds. The highest BCUT2D eigenvalue weighted by molar-refractivity contribution is 5.79. The first kappa shape index (κ1) is 17.6. The van der Waals surface area contributed by atoms with Crippen LogP contribution in [0.5, 0.6) is 23.0 Å². The van der Waals surface area contributed by atoms with Gasteiger partial charge in [-0.05, 0) is 34.6 Å². The number of benzene rings is 2. The van der Waals surface area contributed by atoms with Gasteiger partial charge in [0, 0.05) is 23.5 Å². The molecule has 6 rings (SSSR count). The standard InChI is InChI=1S/C20H16N6O5/c1-3-13-15(29-7-5-27-13)9-11(1)21-17-18(24-20-19(23-17)25-31-26-20)22-12-2-4-14-16(10-12)30-8-6-28-14/h1-4,9-10H,5-8H2,(H,21,23,25)(H,22,24,26). The summed E-state index contributed by atoms with van der Waals surface area (Å²) < 4.78 is 27.2. The SMILES string of the molecule is c1cc2c(cc1Nc1nc3nonc3nc1Nc1ccc3c(c1)OCCO3)OCCO2. The second-order valence-electron chi connectivity index (χ2n) is 6.80. The van der Waals surface area contributed by atoms with E-state index in [1.165, 1.54) is 0 Å². The number of nitrogens with zero attached hydrogens (tertiary/aromatic N) is 4. The molecule has 156 valence electrons. The van der Waals surface area contributed by atoms with Gasteiger partial charge in [-0.15, -0.1) is 0 Å². The van der Waals surface area contributed by atoms with Gasteiger partial charge >= 0.3 is 0 Å². The first-order valence-electron chi connectivity index (χ1n) is 9.65. The van der Waals surface area contributed by atoms with Gasteiger partial charge in [0.05, 0.1) is 0 Å². The van der Waals surface area contributed by atoms with Gasteiger partial charge in [0.2, 0.25) is 11.3 Å². The second kappa shape index (κ2) is 7.20. The Hall–Kier alpha value is -4.28. The summed E-state index contributed by atoms with van der Waals surface area (Å²) in [6, 6.07) is 11.1. The molecule has 2 aromatic heterocycles. The summed E-state index contributed by atoms with van der Waals surface area (Å²) in [5.41, 5.74) is 2.07. The molecule has 2 aliphatic rings. The molecule has 4 aromatic rings. The monoisotopic (exact) mass is 420 g/mol. The predicted molar refractivity (Wildman–Crippen MR) is 109 cm³/mol. The van der Waals surface area contributed by atoms with Crippen LogP contribution in [0.25, 0.3) is 11.3 Å². The first-order chi connectivity index (χ1) is 15.3. The summed E-state index contributed by atoms with van der Waals surface area (Å²) in [7, 11) is 0. The fraction of sp³-hybridized carbons (Fsp3) is 0.200. The van der Waals surface area contributed by atoms with E-state index in [4.69, 9.17) is 23.6 Å². The molecule has 11 heteroatoms. The minimum atomic E-state index is 0.285. The number of fused-ring (bicyclic) bond motifs is 3. The van der Waals surface area contributed by atoms with Crippen molar-refractivity contribution >= 4 is 34.3 Å². The molecular weight excluding hydrogens is 404 g/mol. The first-order valence-corrected chi connectivity index (χ1v) is 9.65. The van der Waals surface area contributed by atoms with Gasteiger partial charge in [0.25, 0.3) is 0 Å². The third kappa shape index (κ3) is 3.35. The van der Waals surface area contributed by atoms with Crippen LogP contribution < -0.4 is 29.6 Å². The third-order valence-electron chi connectivity index (χ3n) is 4.72. The van der Waals surface area contributed by atoms with E-state index in [1.807, 2.05) is 36.4 Å². The Kier molecular flexibility index (Phi) is 4.08. The molecule has 0 unspecified atom stereocenters. The van der Waals surface area contributed by atoms with E-state index in [1.54, 1.807) is 0 Å². The van der Waals surface area contributed by atoms with Crippen molar-refractivity contribution in [1.29, 1.82) is 0 Å². The van der Waals surface area contributed by atoms with Gasteiger partial charge in [-0.2, -0.15) is 0 Å². The van der Waals surface area contributed by atoms with Crippen LogP contribution in [-0.2, 0) is 0 Å².